The van der Waals surface area contributed by atoms with E-state index in [1.807, 2.05) is 54.7 Å². The second-order valence-corrected chi connectivity index (χ2v) is 14.7. The van der Waals surface area contributed by atoms with Crippen molar-refractivity contribution in [2.45, 2.75) is 187 Å². The van der Waals surface area contributed by atoms with Gasteiger partial charge in [0.2, 0.25) is 0 Å². The van der Waals surface area contributed by atoms with Crippen LogP contribution in [0.4, 0.5) is 0 Å². The minimum absolute atomic E-state index is 0.128. The second kappa shape index (κ2) is 45.8. The van der Waals surface area contributed by atoms with Crippen molar-refractivity contribution < 1.29 is 28.6 Å². The Morgan fingerprint density at radius 2 is 0.776 bits per heavy atom. The maximum atomic E-state index is 12.7. The Kier molecular flexibility index (Phi) is 42.7. The molecule has 0 spiro atoms. The van der Waals surface area contributed by atoms with Gasteiger partial charge in [-0.25, -0.2) is 0 Å². The SMILES string of the molecule is CC\C=C/C=C\C=C/C=C\C=C/CCCC(=O)OC(COC(=O)CCCC/C=C\C/C=C\CC)COC(=O)CCCCCCC/C=C\C=C/CCCCCCCCC. The third-order valence-corrected chi connectivity index (χ3v) is 9.15. The molecule has 0 saturated carbocycles. The van der Waals surface area contributed by atoms with Gasteiger partial charge in [-0.2, -0.15) is 0 Å². The second-order valence-electron chi connectivity index (χ2n) is 14.7. The molecule has 0 N–H and O–H groups in total. The van der Waals surface area contributed by atoms with Crippen LogP contribution in [0.15, 0.2) is 109 Å². The summed E-state index contributed by atoms with van der Waals surface area (Å²) in [5, 5.41) is 0. The van der Waals surface area contributed by atoms with Crippen LogP contribution in [0, 0.1) is 0 Å². The van der Waals surface area contributed by atoms with Gasteiger partial charge in [0.25, 0.3) is 0 Å². The van der Waals surface area contributed by atoms with E-state index < -0.39 is 12.1 Å². The Labute approximate surface area is 355 Å². The van der Waals surface area contributed by atoms with Crippen LogP contribution < -0.4 is 0 Å². The van der Waals surface area contributed by atoms with E-state index in [1.54, 1.807) is 0 Å². The minimum Gasteiger partial charge on any atom is -0.462 e. The van der Waals surface area contributed by atoms with Crippen molar-refractivity contribution in [2.75, 3.05) is 13.2 Å². The summed E-state index contributed by atoms with van der Waals surface area (Å²) in [5.74, 6) is -1.07. The minimum atomic E-state index is -0.834. The molecular weight excluding hydrogens is 721 g/mol. The Morgan fingerprint density at radius 3 is 1.34 bits per heavy atom. The maximum absolute atomic E-state index is 12.7. The summed E-state index contributed by atoms with van der Waals surface area (Å²) in [6.45, 7) is 6.22. The van der Waals surface area contributed by atoms with Gasteiger partial charge in [-0.05, 0) is 83.5 Å². The van der Waals surface area contributed by atoms with Crippen LogP contribution in [0.3, 0.4) is 0 Å². The van der Waals surface area contributed by atoms with E-state index in [2.05, 4.69) is 75.5 Å². The summed E-state index contributed by atoms with van der Waals surface area (Å²) in [7, 11) is 0. The fourth-order valence-corrected chi connectivity index (χ4v) is 5.73. The standard InChI is InChI=1S/C52H82O6/c1-4-7-10-13-16-19-21-23-24-25-26-27-29-30-33-36-39-42-45-51(54)57-48-49(47-56-50(53)44-41-38-35-32-18-15-12-9-6-3)58-52(55)46-43-40-37-34-31-28-22-20-17-14-11-8-5-2/h8-9,11-12,14,17-18,20,22,24-28,31-32,34,37,49H,4-7,10,13,15-16,19,21,23,29-30,33,35-36,38-48H2,1-3H3/b11-8-,12-9-,17-14-,22-20-,25-24-,27-26-,31-28-,32-18-,37-34-. The van der Waals surface area contributed by atoms with E-state index in [9.17, 15) is 14.4 Å². The molecule has 0 bridgehead atoms. The van der Waals surface area contributed by atoms with Gasteiger partial charge >= 0.3 is 17.9 Å². The zero-order chi connectivity index (χ0) is 42.3. The molecule has 58 heavy (non-hydrogen) atoms. The van der Waals surface area contributed by atoms with Gasteiger partial charge in [0.05, 0.1) is 0 Å². The first-order valence-electron chi connectivity index (χ1n) is 23.0. The van der Waals surface area contributed by atoms with Crippen molar-refractivity contribution in [2.24, 2.45) is 0 Å². The number of hydrogen-bond acceptors (Lipinski definition) is 6. The number of rotatable bonds is 39. The first kappa shape index (κ1) is 54.1. The number of ether oxygens (including phenoxy) is 3. The Balaban J connectivity index is 4.50. The number of hydrogen-bond donors (Lipinski definition) is 0. The highest BCUT2D eigenvalue weighted by Gasteiger charge is 2.19. The van der Waals surface area contributed by atoms with Gasteiger partial charge in [-0.1, -0.05) is 188 Å². The van der Waals surface area contributed by atoms with Crippen molar-refractivity contribution in [1.29, 1.82) is 0 Å². The fourth-order valence-electron chi connectivity index (χ4n) is 5.73. The molecule has 0 aliphatic heterocycles. The highest BCUT2D eigenvalue weighted by molar-refractivity contribution is 5.71. The molecule has 0 aliphatic rings. The Morgan fingerprint density at radius 1 is 0.379 bits per heavy atom. The van der Waals surface area contributed by atoms with Gasteiger partial charge in [-0.3, -0.25) is 14.4 Å². The van der Waals surface area contributed by atoms with Crippen molar-refractivity contribution in [1.82, 2.24) is 0 Å². The monoisotopic (exact) mass is 803 g/mol. The predicted molar refractivity (Wildman–Crippen MR) is 247 cm³/mol. The molecule has 0 aromatic rings. The summed E-state index contributed by atoms with van der Waals surface area (Å²) in [6, 6.07) is 0. The van der Waals surface area contributed by atoms with Crippen LogP contribution in [0.25, 0.3) is 0 Å². The van der Waals surface area contributed by atoms with Crippen LogP contribution in [0.5, 0.6) is 0 Å². The van der Waals surface area contributed by atoms with E-state index in [4.69, 9.17) is 14.2 Å². The van der Waals surface area contributed by atoms with E-state index in [0.717, 1.165) is 77.0 Å². The fraction of sp³-hybridized carbons (Fsp3) is 0.596. The maximum Gasteiger partial charge on any atom is 0.306 e. The molecule has 1 unspecified atom stereocenters. The van der Waals surface area contributed by atoms with Crippen LogP contribution in [-0.4, -0.2) is 37.2 Å². The summed E-state index contributed by atoms with van der Waals surface area (Å²) >= 11 is 0. The highest BCUT2D eigenvalue weighted by Crippen LogP contribution is 2.11. The van der Waals surface area contributed by atoms with Crippen LogP contribution >= 0.6 is 0 Å². The molecule has 0 radical (unpaired) electrons. The van der Waals surface area contributed by atoms with Crippen molar-refractivity contribution >= 4 is 17.9 Å². The van der Waals surface area contributed by atoms with Crippen molar-refractivity contribution in [3.8, 4) is 0 Å². The quantitative estimate of drug-likeness (QED) is 0.0202. The third kappa shape index (κ3) is 43.2. The van der Waals surface area contributed by atoms with Gasteiger partial charge in [0.1, 0.15) is 13.2 Å². The molecule has 0 aromatic heterocycles. The number of carbonyl (C=O) groups is 3. The van der Waals surface area contributed by atoms with Gasteiger partial charge < -0.3 is 14.2 Å². The third-order valence-electron chi connectivity index (χ3n) is 9.15. The normalized spacial score (nSPS) is 13.1. The largest absolute Gasteiger partial charge is 0.462 e. The van der Waals surface area contributed by atoms with Gasteiger partial charge in [0.15, 0.2) is 6.10 Å². The number of carbonyl (C=O) groups excluding carboxylic acids is 3. The van der Waals surface area contributed by atoms with E-state index in [0.29, 0.717) is 25.7 Å². The lowest BCUT2D eigenvalue weighted by molar-refractivity contribution is -0.167. The Hall–Kier alpha value is -3.93. The summed E-state index contributed by atoms with van der Waals surface area (Å²) in [4.78, 5) is 37.7. The molecule has 6 nitrogen and oxygen atoms in total. The molecule has 0 amide bonds. The topological polar surface area (TPSA) is 78.9 Å². The summed E-state index contributed by atoms with van der Waals surface area (Å²) in [5.41, 5.74) is 0. The molecule has 0 fully saturated rings. The predicted octanol–water partition coefficient (Wildman–Crippen LogP) is 14.8. The average Bonchev–Trinajstić information content (AvgIpc) is 3.22. The number of allylic oxidation sites excluding steroid dienone is 18. The molecule has 0 aromatic carbocycles. The first-order chi connectivity index (χ1) is 28.5. The van der Waals surface area contributed by atoms with Crippen LogP contribution in [0.1, 0.15) is 181 Å². The summed E-state index contributed by atoms with van der Waals surface area (Å²) in [6.07, 6.45) is 61.0. The van der Waals surface area contributed by atoms with Gasteiger partial charge in [-0.15, -0.1) is 0 Å². The van der Waals surface area contributed by atoms with E-state index >= 15 is 0 Å². The highest BCUT2D eigenvalue weighted by atomic mass is 16.6. The van der Waals surface area contributed by atoms with E-state index in [1.165, 1.54) is 51.4 Å². The average molecular weight is 803 g/mol. The molecule has 0 aliphatic carbocycles. The molecular formula is C52H82O6. The van der Waals surface area contributed by atoms with Crippen molar-refractivity contribution in [3.05, 3.63) is 109 Å². The molecule has 326 valence electrons. The lowest BCUT2D eigenvalue weighted by Crippen LogP contribution is -2.30. The zero-order valence-corrected chi connectivity index (χ0v) is 37.0. The number of unbranched alkanes of at least 4 members (excludes halogenated alkanes) is 15. The molecule has 1 atom stereocenters. The molecule has 0 heterocycles. The first-order valence-corrected chi connectivity index (χ1v) is 23.0. The zero-order valence-electron chi connectivity index (χ0n) is 37.0. The van der Waals surface area contributed by atoms with Crippen molar-refractivity contribution in [3.63, 3.8) is 0 Å². The Bertz CT molecular complexity index is 1240. The van der Waals surface area contributed by atoms with Crippen LogP contribution in [0.2, 0.25) is 0 Å². The van der Waals surface area contributed by atoms with Crippen LogP contribution in [-0.2, 0) is 28.6 Å². The molecule has 0 rings (SSSR count). The lowest BCUT2D eigenvalue weighted by atomic mass is 10.1. The van der Waals surface area contributed by atoms with E-state index in [-0.39, 0.29) is 31.6 Å². The summed E-state index contributed by atoms with van der Waals surface area (Å²) < 4.78 is 16.6. The van der Waals surface area contributed by atoms with Gasteiger partial charge in [0, 0.05) is 19.3 Å². The number of esters is 3. The lowest BCUT2D eigenvalue weighted by Gasteiger charge is -2.18. The molecule has 0 saturated heterocycles. The molecule has 6 heteroatoms. The smallest absolute Gasteiger partial charge is 0.306 e.